The average molecular weight is 267 g/mol. The summed E-state index contributed by atoms with van der Waals surface area (Å²) in [4.78, 5) is 12.1. The summed E-state index contributed by atoms with van der Waals surface area (Å²) in [7, 11) is 0. The van der Waals surface area contributed by atoms with Gasteiger partial charge in [-0.05, 0) is 41.5 Å². The first-order valence-corrected chi connectivity index (χ1v) is 7.48. The number of rotatable bonds is 3. The fourth-order valence-electron chi connectivity index (χ4n) is 3.15. The van der Waals surface area contributed by atoms with Crippen LogP contribution in [-0.4, -0.2) is 11.9 Å². The van der Waals surface area contributed by atoms with Crippen LogP contribution < -0.4 is 5.32 Å². The fraction of sp³-hybridized carbons (Fsp3) is 0.389. The molecule has 0 heterocycles. The van der Waals surface area contributed by atoms with Crippen LogP contribution in [0.15, 0.2) is 42.5 Å². The van der Waals surface area contributed by atoms with Crippen LogP contribution >= 0.6 is 0 Å². The molecule has 104 valence electrons. The Bertz CT molecular complexity index is 620. The molecule has 1 N–H and O–H groups in total. The Morgan fingerprint density at radius 1 is 1.15 bits per heavy atom. The van der Waals surface area contributed by atoms with Crippen LogP contribution in [0.3, 0.4) is 0 Å². The quantitative estimate of drug-likeness (QED) is 0.903. The summed E-state index contributed by atoms with van der Waals surface area (Å²) in [6, 6.07) is 14.9. The average Bonchev–Trinajstić information content (AvgIpc) is 2.83. The van der Waals surface area contributed by atoms with Crippen molar-refractivity contribution in [1.82, 2.24) is 5.32 Å². The highest BCUT2D eigenvalue weighted by atomic mass is 16.1. The van der Waals surface area contributed by atoms with Gasteiger partial charge in [0.15, 0.2) is 0 Å². The third-order valence-corrected chi connectivity index (χ3v) is 4.24. The molecule has 2 atom stereocenters. The van der Waals surface area contributed by atoms with Crippen molar-refractivity contribution in [2.45, 2.75) is 38.6 Å². The number of carbonyl (C=O) groups is 1. The SMILES string of the molecule is CC1CCC(NC(=O)Cc2ccc3ccccc3c2)C1. The maximum atomic E-state index is 12.1. The van der Waals surface area contributed by atoms with E-state index in [1.807, 2.05) is 12.1 Å². The molecule has 2 nitrogen and oxygen atoms in total. The lowest BCUT2D eigenvalue weighted by Gasteiger charge is -2.12. The molecule has 0 spiro atoms. The number of hydrogen-bond acceptors (Lipinski definition) is 1. The zero-order valence-corrected chi connectivity index (χ0v) is 11.9. The zero-order chi connectivity index (χ0) is 13.9. The molecular formula is C18H21NO. The van der Waals surface area contributed by atoms with Gasteiger partial charge in [-0.15, -0.1) is 0 Å². The third-order valence-electron chi connectivity index (χ3n) is 4.24. The van der Waals surface area contributed by atoms with E-state index in [-0.39, 0.29) is 5.91 Å². The van der Waals surface area contributed by atoms with Crippen molar-refractivity contribution in [2.75, 3.05) is 0 Å². The van der Waals surface area contributed by atoms with Gasteiger partial charge in [-0.1, -0.05) is 49.4 Å². The topological polar surface area (TPSA) is 29.1 Å². The van der Waals surface area contributed by atoms with Gasteiger partial charge in [-0.25, -0.2) is 0 Å². The number of carbonyl (C=O) groups excluding carboxylic acids is 1. The third kappa shape index (κ3) is 3.01. The minimum atomic E-state index is 0.152. The lowest BCUT2D eigenvalue weighted by Crippen LogP contribution is -2.34. The highest BCUT2D eigenvalue weighted by molar-refractivity contribution is 5.85. The van der Waals surface area contributed by atoms with Crippen LogP contribution in [0.1, 0.15) is 31.7 Å². The predicted octanol–water partition coefficient (Wildman–Crippen LogP) is 3.69. The second-order valence-corrected chi connectivity index (χ2v) is 6.04. The Morgan fingerprint density at radius 3 is 2.70 bits per heavy atom. The highest BCUT2D eigenvalue weighted by Gasteiger charge is 2.22. The summed E-state index contributed by atoms with van der Waals surface area (Å²) < 4.78 is 0. The number of hydrogen-bond donors (Lipinski definition) is 1. The van der Waals surface area contributed by atoms with Gasteiger partial charge in [0.25, 0.3) is 0 Å². The van der Waals surface area contributed by atoms with Gasteiger partial charge in [0.1, 0.15) is 0 Å². The molecule has 1 fully saturated rings. The number of amides is 1. The standard InChI is InChI=1S/C18H21NO/c1-13-6-9-17(10-13)19-18(20)12-14-7-8-15-4-2-3-5-16(15)11-14/h2-5,7-8,11,13,17H,6,9-10,12H2,1H3,(H,19,20). The van der Waals surface area contributed by atoms with Gasteiger partial charge in [-0.3, -0.25) is 4.79 Å². The summed E-state index contributed by atoms with van der Waals surface area (Å²) in [5, 5.41) is 5.59. The zero-order valence-electron chi connectivity index (χ0n) is 11.9. The first-order chi connectivity index (χ1) is 9.70. The van der Waals surface area contributed by atoms with E-state index in [9.17, 15) is 4.79 Å². The van der Waals surface area contributed by atoms with E-state index in [1.165, 1.54) is 17.2 Å². The van der Waals surface area contributed by atoms with E-state index < -0.39 is 0 Å². The normalized spacial score (nSPS) is 22.1. The molecule has 0 aliphatic heterocycles. The molecule has 1 saturated carbocycles. The fourth-order valence-corrected chi connectivity index (χ4v) is 3.15. The summed E-state index contributed by atoms with van der Waals surface area (Å²) in [6.07, 6.45) is 3.98. The van der Waals surface area contributed by atoms with Crippen molar-refractivity contribution in [3.05, 3.63) is 48.0 Å². The molecule has 1 aliphatic carbocycles. The van der Waals surface area contributed by atoms with Gasteiger partial charge in [0, 0.05) is 6.04 Å². The maximum Gasteiger partial charge on any atom is 0.224 e. The van der Waals surface area contributed by atoms with Crippen molar-refractivity contribution in [3.8, 4) is 0 Å². The van der Waals surface area contributed by atoms with Crippen molar-refractivity contribution in [2.24, 2.45) is 5.92 Å². The summed E-state index contributed by atoms with van der Waals surface area (Å²) in [5.41, 5.74) is 1.09. The number of benzene rings is 2. The van der Waals surface area contributed by atoms with Crippen LogP contribution in [0.5, 0.6) is 0 Å². The molecule has 0 bridgehead atoms. The minimum absolute atomic E-state index is 0.152. The van der Waals surface area contributed by atoms with E-state index >= 15 is 0 Å². The molecule has 1 amide bonds. The molecule has 0 aromatic heterocycles. The largest absolute Gasteiger partial charge is 0.353 e. The molecule has 20 heavy (non-hydrogen) atoms. The molecule has 0 saturated heterocycles. The van der Waals surface area contributed by atoms with E-state index in [0.717, 1.165) is 24.3 Å². The Hall–Kier alpha value is -1.83. The molecule has 2 heteroatoms. The van der Waals surface area contributed by atoms with Crippen molar-refractivity contribution < 1.29 is 4.79 Å². The van der Waals surface area contributed by atoms with Crippen LogP contribution in [0.2, 0.25) is 0 Å². The Morgan fingerprint density at radius 2 is 1.95 bits per heavy atom. The van der Waals surface area contributed by atoms with Crippen LogP contribution in [0, 0.1) is 5.92 Å². The van der Waals surface area contributed by atoms with Crippen molar-refractivity contribution in [1.29, 1.82) is 0 Å². The Kier molecular flexibility index (Phi) is 3.72. The first-order valence-electron chi connectivity index (χ1n) is 7.48. The predicted molar refractivity (Wildman–Crippen MR) is 82.6 cm³/mol. The van der Waals surface area contributed by atoms with Crippen molar-refractivity contribution >= 4 is 16.7 Å². The van der Waals surface area contributed by atoms with E-state index in [4.69, 9.17) is 0 Å². The van der Waals surface area contributed by atoms with Crippen molar-refractivity contribution in [3.63, 3.8) is 0 Å². The Labute approximate surface area is 120 Å². The molecule has 0 radical (unpaired) electrons. The summed E-state index contributed by atoms with van der Waals surface area (Å²) in [6.45, 7) is 2.26. The number of nitrogens with one attached hydrogen (secondary N) is 1. The minimum Gasteiger partial charge on any atom is -0.353 e. The summed E-state index contributed by atoms with van der Waals surface area (Å²) in [5.74, 6) is 0.903. The van der Waals surface area contributed by atoms with Gasteiger partial charge in [0.05, 0.1) is 6.42 Å². The first kappa shape index (κ1) is 13.2. The van der Waals surface area contributed by atoms with Gasteiger partial charge in [0.2, 0.25) is 5.91 Å². The van der Waals surface area contributed by atoms with E-state index in [1.54, 1.807) is 0 Å². The molecule has 2 unspecified atom stereocenters. The molecule has 3 rings (SSSR count). The molecule has 1 aliphatic rings. The van der Waals surface area contributed by atoms with Gasteiger partial charge in [-0.2, -0.15) is 0 Å². The maximum absolute atomic E-state index is 12.1. The van der Waals surface area contributed by atoms with Gasteiger partial charge < -0.3 is 5.32 Å². The van der Waals surface area contributed by atoms with Crippen LogP contribution in [0.25, 0.3) is 10.8 Å². The monoisotopic (exact) mass is 267 g/mol. The van der Waals surface area contributed by atoms with Crippen LogP contribution in [-0.2, 0) is 11.2 Å². The summed E-state index contributed by atoms with van der Waals surface area (Å²) >= 11 is 0. The molecule has 2 aromatic rings. The number of fused-ring (bicyclic) bond motifs is 1. The van der Waals surface area contributed by atoms with E-state index in [2.05, 4.69) is 42.6 Å². The van der Waals surface area contributed by atoms with Gasteiger partial charge >= 0.3 is 0 Å². The Balaban J connectivity index is 1.65. The second-order valence-electron chi connectivity index (χ2n) is 6.04. The highest BCUT2D eigenvalue weighted by Crippen LogP contribution is 2.24. The smallest absolute Gasteiger partial charge is 0.224 e. The lowest BCUT2D eigenvalue weighted by molar-refractivity contribution is -0.121. The second kappa shape index (κ2) is 5.66. The van der Waals surface area contributed by atoms with Crippen LogP contribution in [0.4, 0.5) is 0 Å². The molecular weight excluding hydrogens is 246 g/mol. The molecule has 2 aromatic carbocycles. The lowest BCUT2D eigenvalue weighted by atomic mass is 10.0. The van der Waals surface area contributed by atoms with E-state index in [0.29, 0.717) is 12.5 Å².